The van der Waals surface area contributed by atoms with E-state index in [-0.39, 0.29) is 18.6 Å². The number of unbranched alkanes of at least 4 members (excludes halogenated alkanes) is 4. The summed E-state index contributed by atoms with van der Waals surface area (Å²) in [4.78, 5) is 13.7. The molecule has 3 aromatic rings. The zero-order valence-electron chi connectivity index (χ0n) is 23.2. The fraction of sp³-hybridized carbons (Fsp3) is 0.441. The van der Waals surface area contributed by atoms with Gasteiger partial charge in [0.15, 0.2) is 0 Å². The highest BCUT2D eigenvalue weighted by atomic mass is 16.3. The molecule has 4 nitrogen and oxygen atoms in total. The maximum absolute atomic E-state index is 13.7. The van der Waals surface area contributed by atoms with E-state index in [1.807, 2.05) is 60.7 Å². The van der Waals surface area contributed by atoms with Crippen LogP contribution in [0.25, 0.3) is 0 Å². The van der Waals surface area contributed by atoms with Crippen molar-refractivity contribution in [1.82, 2.24) is 5.32 Å². The van der Waals surface area contributed by atoms with Crippen LogP contribution >= 0.6 is 0 Å². The number of carbonyl (C=O) groups is 1. The van der Waals surface area contributed by atoms with Crippen LogP contribution in [0, 0.1) is 0 Å². The fourth-order valence-corrected chi connectivity index (χ4v) is 5.11. The molecule has 0 radical (unpaired) electrons. The Morgan fingerprint density at radius 2 is 1.32 bits per heavy atom. The summed E-state index contributed by atoms with van der Waals surface area (Å²) in [7, 11) is 0. The predicted octanol–water partition coefficient (Wildman–Crippen LogP) is 6.90. The van der Waals surface area contributed by atoms with E-state index in [0.29, 0.717) is 18.6 Å². The van der Waals surface area contributed by atoms with Gasteiger partial charge in [0.25, 0.3) is 0 Å². The highest BCUT2D eigenvalue weighted by molar-refractivity contribution is 5.84. The molecule has 38 heavy (non-hydrogen) atoms. The number of phenolic OH excluding ortho intramolecular Hbond substituents is 1. The summed E-state index contributed by atoms with van der Waals surface area (Å²) < 4.78 is 0. The van der Waals surface area contributed by atoms with Crippen molar-refractivity contribution in [3.8, 4) is 5.75 Å². The molecular weight excluding hydrogens is 470 g/mol. The molecule has 0 bridgehead atoms. The van der Waals surface area contributed by atoms with E-state index in [4.69, 9.17) is 0 Å². The Balaban J connectivity index is 1.87. The SMILES string of the molecule is CCCCCc1cc(CC(C(=O)N[C@H](CO)Cc2ccccc2)c2ccccc2)cc(CCCCC)c1O. The van der Waals surface area contributed by atoms with Gasteiger partial charge in [-0.1, -0.05) is 112 Å². The van der Waals surface area contributed by atoms with Gasteiger partial charge in [-0.2, -0.15) is 0 Å². The maximum atomic E-state index is 13.7. The summed E-state index contributed by atoms with van der Waals surface area (Å²) >= 11 is 0. The van der Waals surface area contributed by atoms with Crippen molar-refractivity contribution in [2.24, 2.45) is 0 Å². The molecule has 0 saturated carbocycles. The molecule has 3 aromatic carbocycles. The highest BCUT2D eigenvalue weighted by Crippen LogP contribution is 2.31. The molecule has 0 spiro atoms. The number of benzene rings is 3. The number of phenols is 1. The van der Waals surface area contributed by atoms with E-state index in [0.717, 1.165) is 79.2 Å². The van der Waals surface area contributed by atoms with Crippen LogP contribution in [0.1, 0.15) is 86.1 Å². The van der Waals surface area contributed by atoms with Gasteiger partial charge in [0.05, 0.1) is 18.6 Å². The number of aliphatic hydroxyl groups excluding tert-OH is 1. The molecule has 0 fully saturated rings. The van der Waals surface area contributed by atoms with Gasteiger partial charge in [0.1, 0.15) is 5.75 Å². The summed E-state index contributed by atoms with van der Waals surface area (Å²) in [5.74, 6) is -0.0400. The second kappa shape index (κ2) is 16.0. The number of aryl methyl sites for hydroxylation is 2. The Bertz CT molecular complexity index is 1070. The first-order chi connectivity index (χ1) is 18.5. The van der Waals surface area contributed by atoms with E-state index in [9.17, 15) is 15.0 Å². The lowest BCUT2D eigenvalue weighted by atomic mass is 9.88. The van der Waals surface area contributed by atoms with Gasteiger partial charge in [-0.3, -0.25) is 4.79 Å². The Labute approximate surface area is 229 Å². The third-order valence-corrected chi connectivity index (χ3v) is 7.28. The average Bonchev–Trinajstić information content (AvgIpc) is 2.94. The van der Waals surface area contributed by atoms with Crippen LogP contribution in [0.3, 0.4) is 0 Å². The topological polar surface area (TPSA) is 69.6 Å². The van der Waals surface area contributed by atoms with Gasteiger partial charge in [-0.25, -0.2) is 0 Å². The summed E-state index contributed by atoms with van der Waals surface area (Å²) in [6, 6.07) is 23.7. The minimum absolute atomic E-state index is 0.0840. The van der Waals surface area contributed by atoms with Gasteiger partial charge in [-0.05, 0) is 66.3 Å². The van der Waals surface area contributed by atoms with E-state index in [1.165, 1.54) is 0 Å². The lowest BCUT2D eigenvalue weighted by molar-refractivity contribution is -0.123. The monoisotopic (exact) mass is 515 g/mol. The van der Waals surface area contributed by atoms with Crippen LogP contribution in [-0.2, 0) is 30.5 Å². The maximum Gasteiger partial charge on any atom is 0.228 e. The smallest absolute Gasteiger partial charge is 0.228 e. The second-order valence-electron chi connectivity index (χ2n) is 10.4. The first-order valence-electron chi connectivity index (χ1n) is 14.4. The lowest BCUT2D eigenvalue weighted by Gasteiger charge is -2.23. The third kappa shape index (κ3) is 9.02. The number of aromatic hydroxyl groups is 1. The normalized spacial score (nSPS) is 12.7. The van der Waals surface area contributed by atoms with Gasteiger partial charge < -0.3 is 15.5 Å². The average molecular weight is 516 g/mol. The van der Waals surface area contributed by atoms with E-state index >= 15 is 0 Å². The Morgan fingerprint density at radius 1 is 0.763 bits per heavy atom. The Kier molecular flexibility index (Phi) is 12.4. The van der Waals surface area contributed by atoms with E-state index in [1.54, 1.807) is 0 Å². The van der Waals surface area contributed by atoms with Crippen LogP contribution in [0.4, 0.5) is 0 Å². The molecule has 0 heterocycles. The number of amides is 1. The predicted molar refractivity (Wildman–Crippen MR) is 157 cm³/mol. The number of aliphatic hydroxyl groups is 1. The fourth-order valence-electron chi connectivity index (χ4n) is 5.11. The molecule has 0 aromatic heterocycles. The second-order valence-corrected chi connectivity index (χ2v) is 10.4. The van der Waals surface area contributed by atoms with Crippen LogP contribution in [-0.4, -0.2) is 28.8 Å². The first-order valence-corrected chi connectivity index (χ1v) is 14.4. The zero-order valence-corrected chi connectivity index (χ0v) is 23.2. The van der Waals surface area contributed by atoms with Gasteiger partial charge in [0, 0.05) is 0 Å². The largest absolute Gasteiger partial charge is 0.507 e. The molecule has 0 aliphatic rings. The van der Waals surface area contributed by atoms with Crippen LogP contribution in [0.15, 0.2) is 72.8 Å². The number of hydrogen-bond donors (Lipinski definition) is 3. The summed E-state index contributed by atoms with van der Waals surface area (Å²) in [5.41, 5.74) is 5.09. The van der Waals surface area contributed by atoms with Crippen LogP contribution in [0.5, 0.6) is 5.75 Å². The molecule has 3 N–H and O–H groups in total. The van der Waals surface area contributed by atoms with E-state index < -0.39 is 5.92 Å². The molecule has 3 rings (SSSR count). The number of nitrogens with one attached hydrogen (secondary N) is 1. The van der Waals surface area contributed by atoms with Gasteiger partial charge >= 0.3 is 0 Å². The van der Waals surface area contributed by atoms with Crippen molar-refractivity contribution < 1.29 is 15.0 Å². The molecular formula is C34H45NO3. The molecule has 1 unspecified atom stereocenters. The van der Waals surface area contributed by atoms with Gasteiger partial charge in [-0.15, -0.1) is 0 Å². The standard InChI is InChI=1S/C34H45NO3/c1-3-5-9-19-29-21-27(22-30(33(29)37)20-10-6-4-2)24-32(28-17-13-8-14-18-28)34(38)35-31(25-36)23-26-15-11-7-12-16-26/h7-8,11-18,21-22,31-32,36-37H,3-6,9-10,19-20,23-25H2,1-2H3,(H,35,38)/t31-,32?/m0/s1. The van der Waals surface area contributed by atoms with E-state index in [2.05, 4.69) is 31.3 Å². The molecule has 1 amide bonds. The van der Waals surface area contributed by atoms with Crippen molar-refractivity contribution in [2.75, 3.05) is 6.61 Å². The minimum Gasteiger partial charge on any atom is -0.507 e. The van der Waals surface area contributed by atoms with Crippen molar-refractivity contribution >= 4 is 5.91 Å². The Morgan fingerprint density at radius 3 is 1.84 bits per heavy atom. The first kappa shape index (κ1) is 29.4. The molecule has 0 aliphatic heterocycles. The molecule has 0 aliphatic carbocycles. The van der Waals surface area contributed by atoms with Crippen molar-refractivity contribution in [1.29, 1.82) is 0 Å². The Hall–Kier alpha value is -3.11. The number of hydrogen-bond acceptors (Lipinski definition) is 3. The van der Waals surface area contributed by atoms with Crippen molar-refractivity contribution in [2.45, 2.75) is 90.0 Å². The molecule has 204 valence electrons. The molecule has 4 heteroatoms. The van der Waals surface area contributed by atoms with Crippen molar-refractivity contribution in [3.05, 3.63) is 101 Å². The molecule has 0 saturated heterocycles. The summed E-state index contributed by atoms with van der Waals surface area (Å²) in [5, 5.41) is 24.2. The number of carbonyl (C=O) groups excluding carboxylic acids is 1. The zero-order chi connectivity index (χ0) is 27.2. The number of rotatable bonds is 16. The van der Waals surface area contributed by atoms with Crippen LogP contribution in [0.2, 0.25) is 0 Å². The van der Waals surface area contributed by atoms with Gasteiger partial charge in [0.2, 0.25) is 5.91 Å². The highest BCUT2D eigenvalue weighted by Gasteiger charge is 2.24. The van der Waals surface area contributed by atoms with Crippen LogP contribution < -0.4 is 5.32 Å². The van der Waals surface area contributed by atoms with Crippen molar-refractivity contribution in [3.63, 3.8) is 0 Å². The lowest BCUT2D eigenvalue weighted by Crippen LogP contribution is -2.42. The minimum atomic E-state index is -0.391. The summed E-state index contributed by atoms with van der Waals surface area (Å²) in [6.07, 6.45) is 9.44. The summed E-state index contributed by atoms with van der Waals surface area (Å²) in [6.45, 7) is 4.25. The third-order valence-electron chi connectivity index (χ3n) is 7.28. The molecule has 2 atom stereocenters. The quantitative estimate of drug-likeness (QED) is 0.182.